The second-order valence-electron chi connectivity index (χ2n) is 5.47. The van der Waals surface area contributed by atoms with Crippen LogP contribution < -0.4 is 20.9 Å². The molecule has 1 aromatic rings. The lowest BCUT2D eigenvalue weighted by Crippen LogP contribution is -2.45. The van der Waals surface area contributed by atoms with Gasteiger partial charge in [0, 0.05) is 32.9 Å². The molecule has 7 heteroatoms. The molecular formula is C14H24N6O. The summed E-state index contributed by atoms with van der Waals surface area (Å²) in [5.41, 5.74) is 0.794. The van der Waals surface area contributed by atoms with Gasteiger partial charge in [-0.2, -0.15) is 0 Å². The molecule has 2 rings (SSSR count). The van der Waals surface area contributed by atoms with E-state index in [2.05, 4.69) is 25.9 Å². The molecule has 0 aromatic carbocycles. The average molecular weight is 292 g/mol. The zero-order valence-corrected chi connectivity index (χ0v) is 12.7. The maximum absolute atomic E-state index is 11.9. The Balaban J connectivity index is 1.79. The minimum absolute atomic E-state index is 0.145. The van der Waals surface area contributed by atoms with Gasteiger partial charge in [0.25, 0.3) is 0 Å². The van der Waals surface area contributed by atoms with Crippen LogP contribution in [0.25, 0.3) is 0 Å². The van der Waals surface area contributed by atoms with E-state index in [-0.39, 0.29) is 12.1 Å². The molecule has 1 saturated heterocycles. The zero-order chi connectivity index (χ0) is 15.1. The molecule has 1 aromatic heterocycles. The molecular weight excluding hydrogens is 268 g/mol. The van der Waals surface area contributed by atoms with Gasteiger partial charge in [0.1, 0.15) is 0 Å². The standard InChI is InChI=1S/C14H24N6O/c1-20(2)13-16-8-6-12(18-13)10-17-14(21)19-11-5-3-4-7-15-9-11/h6,8,11,15H,3-5,7,9-10H2,1-2H3,(H2,17,19,21). The number of amides is 2. The van der Waals surface area contributed by atoms with Crippen LogP contribution in [0.5, 0.6) is 0 Å². The van der Waals surface area contributed by atoms with Gasteiger partial charge in [0.2, 0.25) is 5.95 Å². The Kier molecular flexibility index (Phi) is 5.74. The Morgan fingerprint density at radius 2 is 2.33 bits per heavy atom. The van der Waals surface area contributed by atoms with Crippen LogP contribution in [0.1, 0.15) is 25.0 Å². The Labute approximate surface area is 125 Å². The maximum Gasteiger partial charge on any atom is 0.315 e. The van der Waals surface area contributed by atoms with E-state index in [4.69, 9.17) is 0 Å². The molecule has 0 bridgehead atoms. The van der Waals surface area contributed by atoms with Crippen LogP contribution in [-0.4, -0.2) is 49.2 Å². The molecule has 1 fully saturated rings. The number of carbonyl (C=O) groups excluding carboxylic acids is 1. The highest BCUT2D eigenvalue weighted by Gasteiger charge is 2.14. The van der Waals surface area contributed by atoms with E-state index >= 15 is 0 Å². The predicted molar refractivity (Wildman–Crippen MR) is 82.2 cm³/mol. The largest absolute Gasteiger partial charge is 0.347 e. The molecule has 0 spiro atoms. The van der Waals surface area contributed by atoms with Gasteiger partial charge in [0.05, 0.1) is 12.2 Å². The molecule has 7 nitrogen and oxygen atoms in total. The summed E-state index contributed by atoms with van der Waals surface area (Å²) in [5, 5.41) is 9.17. The van der Waals surface area contributed by atoms with Crippen molar-refractivity contribution in [2.45, 2.75) is 31.8 Å². The van der Waals surface area contributed by atoms with Gasteiger partial charge >= 0.3 is 6.03 Å². The van der Waals surface area contributed by atoms with Crippen molar-refractivity contribution in [3.8, 4) is 0 Å². The van der Waals surface area contributed by atoms with Gasteiger partial charge in [-0.3, -0.25) is 0 Å². The molecule has 116 valence electrons. The Hall–Kier alpha value is -1.89. The first-order valence-electron chi connectivity index (χ1n) is 7.39. The molecule has 21 heavy (non-hydrogen) atoms. The fourth-order valence-corrected chi connectivity index (χ4v) is 2.25. The van der Waals surface area contributed by atoms with E-state index in [1.807, 2.05) is 19.0 Å². The summed E-state index contributed by atoms with van der Waals surface area (Å²) in [6, 6.07) is 1.87. The van der Waals surface area contributed by atoms with E-state index in [9.17, 15) is 4.79 Å². The minimum atomic E-state index is -0.145. The summed E-state index contributed by atoms with van der Waals surface area (Å²) in [5.74, 6) is 0.641. The Bertz CT molecular complexity index is 457. The summed E-state index contributed by atoms with van der Waals surface area (Å²) < 4.78 is 0. The summed E-state index contributed by atoms with van der Waals surface area (Å²) in [6.07, 6.45) is 5.05. The number of hydrogen-bond acceptors (Lipinski definition) is 5. The number of carbonyl (C=O) groups is 1. The van der Waals surface area contributed by atoms with E-state index < -0.39 is 0 Å². The number of urea groups is 1. The first-order valence-corrected chi connectivity index (χ1v) is 7.39. The maximum atomic E-state index is 11.9. The lowest BCUT2D eigenvalue weighted by atomic mass is 10.1. The van der Waals surface area contributed by atoms with Crippen molar-refractivity contribution in [2.24, 2.45) is 0 Å². The minimum Gasteiger partial charge on any atom is -0.347 e. The van der Waals surface area contributed by atoms with Crippen LogP contribution >= 0.6 is 0 Å². The molecule has 1 unspecified atom stereocenters. The van der Waals surface area contributed by atoms with Crippen molar-refractivity contribution in [1.82, 2.24) is 25.9 Å². The molecule has 1 aliphatic rings. The van der Waals surface area contributed by atoms with E-state index in [0.717, 1.165) is 31.6 Å². The number of nitrogens with one attached hydrogen (secondary N) is 3. The van der Waals surface area contributed by atoms with Crippen molar-refractivity contribution in [3.63, 3.8) is 0 Å². The third-order valence-electron chi connectivity index (χ3n) is 3.41. The van der Waals surface area contributed by atoms with Crippen LogP contribution in [0.15, 0.2) is 12.3 Å². The topological polar surface area (TPSA) is 82.2 Å². The van der Waals surface area contributed by atoms with E-state index in [1.54, 1.807) is 12.3 Å². The number of rotatable bonds is 4. The van der Waals surface area contributed by atoms with Crippen LogP contribution in [0.4, 0.5) is 10.7 Å². The predicted octanol–water partition coefficient (Wildman–Crippen LogP) is 0.484. The van der Waals surface area contributed by atoms with Crippen molar-refractivity contribution in [3.05, 3.63) is 18.0 Å². The van der Waals surface area contributed by atoms with Gasteiger partial charge in [0.15, 0.2) is 0 Å². The second kappa shape index (κ2) is 7.78. The van der Waals surface area contributed by atoms with Crippen molar-refractivity contribution >= 4 is 12.0 Å². The zero-order valence-electron chi connectivity index (χ0n) is 12.7. The molecule has 3 N–H and O–H groups in total. The fraction of sp³-hybridized carbons (Fsp3) is 0.643. The summed E-state index contributed by atoms with van der Waals surface area (Å²) in [6.45, 7) is 2.27. The Morgan fingerprint density at radius 1 is 1.48 bits per heavy atom. The number of nitrogens with zero attached hydrogens (tertiary/aromatic N) is 3. The van der Waals surface area contributed by atoms with Crippen LogP contribution in [0.2, 0.25) is 0 Å². The molecule has 1 atom stereocenters. The molecule has 2 amide bonds. The van der Waals surface area contributed by atoms with Crippen LogP contribution in [0, 0.1) is 0 Å². The highest BCUT2D eigenvalue weighted by atomic mass is 16.2. The van der Waals surface area contributed by atoms with Crippen molar-refractivity contribution in [1.29, 1.82) is 0 Å². The highest BCUT2D eigenvalue weighted by molar-refractivity contribution is 5.74. The van der Waals surface area contributed by atoms with Gasteiger partial charge < -0.3 is 20.9 Å². The normalized spacial score (nSPS) is 18.7. The van der Waals surface area contributed by atoms with Crippen LogP contribution in [-0.2, 0) is 6.54 Å². The lowest BCUT2D eigenvalue weighted by Gasteiger charge is -2.17. The monoisotopic (exact) mass is 292 g/mol. The molecule has 0 radical (unpaired) electrons. The molecule has 2 heterocycles. The lowest BCUT2D eigenvalue weighted by molar-refractivity contribution is 0.235. The van der Waals surface area contributed by atoms with Crippen LogP contribution in [0.3, 0.4) is 0 Å². The molecule has 0 aliphatic carbocycles. The van der Waals surface area contributed by atoms with Crippen molar-refractivity contribution < 1.29 is 4.79 Å². The summed E-state index contributed by atoms with van der Waals surface area (Å²) in [4.78, 5) is 22.3. The fourth-order valence-electron chi connectivity index (χ4n) is 2.25. The van der Waals surface area contributed by atoms with Gasteiger partial charge in [-0.05, 0) is 25.5 Å². The van der Waals surface area contributed by atoms with Gasteiger partial charge in [-0.1, -0.05) is 6.42 Å². The quantitative estimate of drug-likeness (QED) is 0.752. The van der Waals surface area contributed by atoms with Crippen molar-refractivity contribution in [2.75, 3.05) is 32.1 Å². The van der Waals surface area contributed by atoms with Gasteiger partial charge in [-0.25, -0.2) is 14.8 Å². The molecule has 1 aliphatic heterocycles. The third-order valence-corrected chi connectivity index (χ3v) is 3.41. The Morgan fingerprint density at radius 3 is 3.14 bits per heavy atom. The third kappa shape index (κ3) is 5.18. The number of aromatic nitrogens is 2. The highest BCUT2D eigenvalue weighted by Crippen LogP contribution is 2.05. The second-order valence-corrected chi connectivity index (χ2v) is 5.47. The summed E-state index contributed by atoms with van der Waals surface area (Å²) >= 11 is 0. The first kappa shape index (κ1) is 15.5. The summed E-state index contributed by atoms with van der Waals surface area (Å²) in [7, 11) is 3.77. The first-order chi connectivity index (χ1) is 10.1. The smallest absolute Gasteiger partial charge is 0.315 e. The average Bonchev–Trinajstić information content (AvgIpc) is 2.74. The number of hydrogen-bond donors (Lipinski definition) is 3. The number of anilines is 1. The van der Waals surface area contributed by atoms with E-state index in [1.165, 1.54) is 6.42 Å². The molecule has 0 saturated carbocycles. The SMILES string of the molecule is CN(C)c1nccc(CNC(=O)NC2CCCCNC2)n1. The van der Waals surface area contributed by atoms with Gasteiger partial charge in [-0.15, -0.1) is 0 Å². The van der Waals surface area contributed by atoms with E-state index in [0.29, 0.717) is 12.5 Å².